The van der Waals surface area contributed by atoms with Gasteiger partial charge in [0.25, 0.3) is 0 Å². The Balaban J connectivity index is 1.21. The van der Waals surface area contributed by atoms with Gasteiger partial charge in [0.05, 0.1) is 30.4 Å². The number of methoxy groups -OCH3 is 1. The molecule has 0 bridgehead atoms. The summed E-state index contributed by atoms with van der Waals surface area (Å²) in [6, 6.07) is 15.1. The van der Waals surface area contributed by atoms with Crippen LogP contribution in [0, 0.1) is 5.82 Å². The number of aryl methyl sites for hydroxylation is 1. The fourth-order valence-electron chi connectivity index (χ4n) is 6.48. The fraction of sp³-hybridized carbons (Fsp3) is 0.364. The second-order valence-electron chi connectivity index (χ2n) is 11.3. The number of nitrogens with one attached hydrogen (secondary N) is 3. The first-order valence-corrected chi connectivity index (χ1v) is 15.7. The summed E-state index contributed by atoms with van der Waals surface area (Å²) in [5, 5.41) is 20.3. The smallest absolute Gasteiger partial charge is 0.315 e. The minimum Gasteiger partial charge on any atom is -0.505 e. The maximum atomic E-state index is 14.3. The average Bonchev–Trinajstić information content (AvgIpc) is 3.70. The van der Waals surface area contributed by atoms with E-state index in [2.05, 4.69) is 16.0 Å². The second kappa shape index (κ2) is 12.3. The number of carbonyl (C=O) groups excluding carboxylic acids is 3. The number of rotatable bonds is 10. The lowest BCUT2D eigenvalue weighted by Gasteiger charge is -2.18. The summed E-state index contributed by atoms with van der Waals surface area (Å²) in [6.45, 7) is 0. The number of amides is 3. The summed E-state index contributed by atoms with van der Waals surface area (Å²) in [7, 11) is 1.47. The van der Waals surface area contributed by atoms with Gasteiger partial charge in [-0.3, -0.25) is 9.59 Å². The van der Waals surface area contributed by atoms with Crippen molar-refractivity contribution in [2.24, 2.45) is 0 Å². The number of urea groups is 1. The topological polar surface area (TPSA) is 117 Å². The number of carbonyl (C=O) groups is 3. The number of benzene rings is 3. The van der Waals surface area contributed by atoms with Crippen molar-refractivity contribution in [1.82, 2.24) is 10.6 Å². The highest BCUT2D eigenvalue weighted by molar-refractivity contribution is 8.00. The molecule has 1 unspecified atom stereocenters. The van der Waals surface area contributed by atoms with Crippen molar-refractivity contribution in [2.75, 3.05) is 18.2 Å². The molecular formula is C33H34FN3O5S. The Hall–Kier alpha value is -4.05. The molecule has 2 saturated heterocycles. The Morgan fingerprint density at radius 2 is 1.95 bits per heavy atom. The number of hydrogen-bond donors (Lipinski definition) is 4. The predicted octanol–water partition coefficient (Wildman–Crippen LogP) is 5.78. The van der Waals surface area contributed by atoms with E-state index in [9.17, 15) is 23.9 Å². The van der Waals surface area contributed by atoms with Gasteiger partial charge in [-0.2, -0.15) is 11.8 Å². The van der Waals surface area contributed by atoms with Crippen LogP contribution in [0.3, 0.4) is 0 Å². The van der Waals surface area contributed by atoms with Gasteiger partial charge in [0, 0.05) is 28.9 Å². The fourth-order valence-corrected chi connectivity index (χ4v) is 8.03. The molecule has 2 aliphatic heterocycles. The summed E-state index contributed by atoms with van der Waals surface area (Å²) < 4.78 is 19.8. The van der Waals surface area contributed by atoms with E-state index in [0.29, 0.717) is 35.0 Å². The van der Waals surface area contributed by atoms with Crippen LogP contribution in [0.4, 0.5) is 14.9 Å². The molecule has 3 amide bonds. The molecule has 0 spiro atoms. The van der Waals surface area contributed by atoms with Gasteiger partial charge < -0.3 is 25.8 Å². The summed E-state index contributed by atoms with van der Waals surface area (Å²) >= 11 is 1.83. The molecule has 3 aliphatic rings. The Bertz CT molecular complexity index is 1580. The van der Waals surface area contributed by atoms with E-state index in [0.717, 1.165) is 36.1 Å². The van der Waals surface area contributed by atoms with Gasteiger partial charge in [0.1, 0.15) is 17.3 Å². The monoisotopic (exact) mass is 603 g/mol. The van der Waals surface area contributed by atoms with Crippen molar-refractivity contribution in [3.63, 3.8) is 0 Å². The van der Waals surface area contributed by atoms with Crippen molar-refractivity contribution in [3.8, 4) is 22.6 Å². The van der Waals surface area contributed by atoms with Crippen molar-refractivity contribution in [1.29, 1.82) is 0 Å². The van der Waals surface area contributed by atoms with Crippen LogP contribution in [0.1, 0.15) is 59.5 Å². The van der Waals surface area contributed by atoms with Crippen LogP contribution in [0.2, 0.25) is 0 Å². The lowest BCUT2D eigenvalue weighted by molar-refractivity contribution is -0.116. The van der Waals surface area contributed by atoms with E-state index in [-0.39, 0.29) is 53.2 Å². The molecule has 4 atom stereocenters. The normalized spacial score (nSPS) is 22.0. The molecule has 8 nitrogen and oxygen atoms in total. The standard InChI is InChI=1S/C33H34FN3O5S/c1-42-27-13-11-20(34)16-23(27)19-14-24(31(39)22-12-10-18-6-2-3-7-21(18)22)32(40)25(15-19)35-29(38)9-5-4-8-28-30-26(17-43-28)36-33(41)37-30/h2-3,6-7,11,13-16,22,26,28,30,40H,4-5,8-10,12,17H2,1H3,(H,35,38)(H2,36,37,41)/t22?,26-,28+,30-/m1/s1. The highest BCUT2D eigenvalue weighted by Gasteiger charge is 2.42. The van der Waals surface area contributed by atoms with Crippen LogP contribution in [-0.4, -0.2) is 53.0 Å². The van der Waals surface area contributed by atoms with Crippen molar-refractivity contribution >= 4 is 35.2 Å². The number of ketones is 1. The molecule has 224 valence electrons. The van der Waals surface area contributed by atoms with Crippen LogP contribution >= 0.6 is 11.8 Å². The van der Waals surface area contributed by atoms with Gasteiger partial charge in [-0.25, -0.2) is 9.18 Å². The van der Waals surface area contributed by atoms with Gasteiger partial charge in [-0.1, -0.05) is 30.7 Å². The summed E-state index contributed by atoms with van der Waals surface area (Å²) in [5.74, 6) is -0.482. The zero-order chi connectivity index (χ0) is 30.1. The first-order chi connectivity index (χ1) is 20.8. The number of hydrogen-bond acceptors (Lipinski definition) is 6. The number of phenolic OH excluding ortho intramolecular Hbond substituents is 1. The summed E-state index contributed by atoms with van der Waals surface area (Å²) in [4.78, 5) is 38.6. The quantitative estimate of drug-likeness (QED) is 0.101. The number of aromatic hydroxyl groups is 1. The SMILES string of the molecule is COc1ccc(F)cc1-c1cc(NC(=O)CCCC[C@@H]2SC[C@H]3NC(=O)N[C@@H]23)c(O)c(C(=O)C2CCc3ccccc32)c1. The molecule has 0 saturated carbocycles. The minimum atomic E-state index is -0.480. The highest BCUT2D eigenvalue weighted by Crippen LogP contribution is 2.42. The number of unbranched alkanes of at least 4 members (excludes halogenated alkanes) is 1. The molecule has 3 aromatic carbocycles. The van der Waals surface area contributed by atoms with Gasteiger partial charge in [0.15, 0.2) is 5.78 Å². The number of ether oxygens (including phenoxy) is 1. The maximum Gasteiger partial charge on any atom is 0.315 e. The van der Waals surface area contributed by atoms with Crippen LogP contribution in [0.15, 0.2) is 54.6 Å². The van der Waals surface area contributed by atoms with Crippen molar-refractivity contribution in [3.05, 3.63) is 77.1 Å². The number of halogens is 1. The highest BCUT2D eigenvalue weighted by atomic mass is 32.2. The Morgan fingerprint density at radius 1 is 1.12 bits per heavy atom. The largest absolute Gasteiger partial charge is 0.505 e. The molecule has 2 heterocycles. The third kappa shape index (κ3) is 5.93. The first-order valence-electron chi connectivity index (χ1n) is 14.6. The van der Waals surface area contributed by atoms with E-state index in [1.807, 2.05) is 36.0 Å². The van der Waals surface area contributed by atoms with E-state index in [1.165, 1.54) is 25.3 Å². The van der Waals surface area contributed by atoms with Gasteiger partial charge in [-0.05, 0) is 72.7 Å². The minimum absolute atomic E-state index is 0.0702. The molecule has 0 radical (unpaired) electrons. The number of fused-ring (bicyclic) bond motifs is 2. The third-order valence-corrected chi connectivity index (χ3v) is 10.2. The maximum absolute atomic E-state index is 14.3. The van der Waals surface area contributed by atoms with Crippen LogP contribution in [0.5, 0.6) is 11.5 Å². The summed E-state index contributed by atoms with van der Waals surface area (Å²) in [5.41, 5.74) is 3.05. The first kappa shape index (κ1) is 29.0. The number of anilines is 1. The van der Waals surface area contributed by atoms with Crippen molar-refractivity contribution < 1.29 is 28.6 Å². The lowest BCUT2D eigenvalue weighted by atomic mass is 9.89. The lowest BCUT2D eigenvalue weighted by Crippen LogP contribution is -2.36. The van der Waals surface area contributed by atoms with Gasteiger partial charge >= 0.3 is 6.03 Å². The number of thioether (sulfide) groups is 1. The molecule has 3 aromatic rings. The second-order valence-corrected chi connectivity index (χ2v) is 12.6. The molecule has 2 fully saturated rings. The Kier molecular flexibility index (Phi) is 8.30. The van der Waals surface area contributed by atoms with Crippen LogP contribution in [0.25, 0.3) is 11.1 Å². The van der Waals surface area contributed by atoms with Crippen LogP contribution in [-0.2, 0) is 11.2 Å². The van der Waals surface area contributed by atoms with E-state index < -0.39 is 11.7 Å². The Morgan fingerprint density at radius 3 is 2.79 bits per heavy atom. The van der Waals surface area contributed by atoms with Crippen LogP contribution < -0.4 is 20.7 Å². The van der Waals surface area contributed by atoms with E-state index in [4.69, 9.17) is 4.74 Å². The number of phenols is 1. The zero-order valence-electron chi connectivity index (χ0n) is 23.8. The van der Waals surface area contributed by atoms with Gasteiger partial charge in [0.2, 0.25) is 5.91 Å². The molecule has 1 aliphatic carbocycles. The van der Waals surface area contributed by atoms with Crippen molar-refractivity contribution in [2.45, 2.75) is 61.8 Å². The Labute approximate surface area is 253 Å². The molecule has 4 N–H and O–H groups in total. The average molecular weight is 604 g/mol. The molecule has 43 heavy (non-hydrogen) atoms. The molecular weight excluding hydrogens is 569 g/mol. The third-order valence-electron chi connectivity index (χ3n) is 8.65. The van der Waals surface area contributed by atoms with Gasteiger partial charge in [-0.15, -0.1) is 0 Å². The van der Waals surface area contributed by atoms with E-state index in [1.54, 1.807) is 12.1 Å². The molecule has 10 heteroatoms. The zero-order valence-corrected chi connectivity index (χ0v) is 24.6. The molecule has 0 aromatic heterocycles. The number of Topliss-reactive ketones (excluding diaryl/α,β-unsaturated/α-hetero) is 1. The molecule has 6 rings (SSSR count). The summed E-state index contributed by atoms with van der Waals surface area (Å²) in [6.07, 6.45) is 3.92. The van der Waals surface area contributed by atoms with E-state index >= 15 is 0 Å². The predicted molar refractivity (Wildman–Crippen MR) is 164 cm³/mol.